The molecule has 10 N–H and O–H groups in total. The standard InChI is InChI=1S/C42H28BrNO10/c43-23-12-9-19(10-13-23)25-5-1-2-6-26(25)20-11-14-28-27-7-3-4-8-29(27)44(30(28)18-20)24-16-21(31-33(45)37(49)41(53)38(50)34(31)46)15-22(17-24)32-35(47)39(51)42(54)40(52)36(32)48/h1-18,45-54H. The van der Waals surface area contributed by atoms with E-state index < -0.39 is 68.6 Å². The van der Waals surface area contributed by atoms with Crippen LogP contribution in [0.25, 0.3) is 72.0 Å². The zero-order valence-corrected chi connectivity index (χ0v) is 29.3. The summed E-state index contributed by atoms with van der Waals surface area (Å²) in [5.74, 6) is -10.9. The van der Waals surface area contributed by atoms with Crippen LogP contribution in [0, 0.1) is 0 Å². The monoisotopic (exact) mass is 785 g/mol. The molecule has 12 heteroatoms. The third kappa shape index (κ3) is 5.11. The lowest BCUT2D eigenvalue weighted by molar-refractivity contribution is 0.330. The first-order chi connectivity index (χ1) is 25.9. The van der Waals surface area contributed by atoms with Gasteiger partial charge in [-0.2, -0.15) is 0 Å². The number of halogens is 1. The van der Waals surface area contributed by atoms with Gasteiger partial charge in [-0.25, -0.2) is 0 Å². The van der Waals surface area contributed by atoms with Crippen LogP contribution in [-0.2, 0) is 0 Å². The molecular weight excluding hydrogens is 758 g/mol. The van der Waals surface area contributed by atoms with Crippen molar-refractivity contribution in [1.82, 2.24) is 4.57 Å². The number of hydrogen-bond donors (Lipinski definition) is 10. The van der Waals surface area contributed by atoms with Crippen molar-refractivity contribution in [2.75, 3.05) is 0 Å². The fourth-order valence-electron chi connectivity index (χ4n) is 6.98. The lowest BCUT2D eigenvalue weighted by atomic mass is 9.93. The Kier molecular flexibility index (Phi) is 7.85. The molecule has 0 spiro atoms. The van der Waals surface area contributed by atoms with E-state index in [4.69, 9.17) is 0 Å². The molecule has 0 fully saturated rings. The molecule has 54 heavy (non-hydrogen) atoms. The highest BCUT2D eigenvalue weighted by Gasteiger charge is 2.29. The highest BCUT2D eigenvalue weighted by molar-refractivity contribution is 9.10. The minimum Gasteiger partial charge on any atom is -0.504 e. The first kappa shape index (κ1) is 33.9. The van der Waals surface area contributed by atoms with E-state index in [1.807, 2.05) is 95.6 Å². The molecule has 1 heterocycles. The summed E-state index contributed by atoms with van der Waals surface area (Å²) in [6.45, 7) is 0. The molecule has 0 saturated carbocycles. The first-order valence-corrected chi connectivity index (χ1v) is 17.1. The Morgan fingerprint density at radius 1 is 0.352 bits per heavy atom. The molecule has 0 amide bonds. The molecule has 0 saturated heterocycles. The average molecular weight is 787 g/mol. The van der Waals surface area contributed by atoms with Crippen LogP contribution < -0.4 is 0 Å². The third-order valence-corrected chi connectivity index (χ3v) is 10.1. The van der Waals surface area contributed by atoms with Gasteiger partial charge >= 0.3 is 0 Å². The number of hydrogen-bond acceptors (Lipinski definition) is 10. The lowest BCUT2D eigenvalue weighted by Crippen LogP contribution is -1.97. The minimum absolute atomic E-state index is 0.114. The maximum atomic E-state index is 11.0. The van der Waals surface area contributed by atoms with E-state index in [0.29, 0.717) is 11.0 Å². The maximum Gasteiger partial charge on any atom is 0.208 e. The highest BCUT2D eigenvalue weighted by atomic mass is 79.9. The highest BCUT2D eigenvalue weighted by Crippen LogP contribution is 2.58. The largest absolute Gasteiger partial charge is 0.504 e. The van der Waals surface area contributed by atoms with Crippen LogP contribution in [0.4, 0.5) is 0 Å². The second-order valence-electron chi connectivity index (χ2n) is 12.6. The summed E-state index contributed by atoms with van der Waals surface area (Å²) in [5.41, 5.74) is 4.09. The van der Waals surface area contributed by atoms with Gasteiger partial charge in [-0.05, 0) is 75.8 Å². The zero-order valence-electron chi connectivity index (χ0n) is 27.7. The molecule has 8 aromatic rings. The second-order valence-corrected chi connectivity index (χ2v) is 13.6. The molecule has 268 valence electrons. The number of para-hydroxylation sites is 1. The van der Waals surface area contributed by atoms with Gasteiger partial charge in [0.2, 0.25) is 34.5 Å². The fraction of sp³-hybridized carbons (Fsp3) is 0. The van der Waals surface area contributed by atoms with Gasteiger partial charge in [0.25, 0.3) is 0 Å². The Morgan fingerprint density at radius 3 is 1.31 bits per heavy atom. The van der Waals surface area contributed by atoms with Crippen molar-refractivity contribution in [2.24, 2.45) is 0 Å². The number of fused-ring (bicyclic) bond motifs is 3. The first-order valence-electron chi connectivity index (χ1n) is 16.3. The topological polar surface area (TPSA) is 207 Å². The van der Waals surface area contributed by atoms with Crippen LogP contribution >= 0.6 is 15.9 Å². The molecule has 11 nitrogen and oxygen atoms in total. The van der Waals surface area contributed by atoms with E-state index in [0.717, 1.165) is 37.5 Å². The Bertz CT molecular complexity index is 2700. The van der Waals surface area contributed by atoms with Crippen LogP contribution in [0.1, 0.15) is 0 Å². The van der Waals surface area contributed by atoms with Crippen molar-refractivity contribution < 1.29 is 51.1 Å². The SMILES string of the molecule is Oc1c(O)c(O)c(-c2cc(-c3c(O)c(O)c(O)c(O)c3O)cc(-n3c4ccccc4c4ccc(-c5ccccc5-c5ccc(Br)cc5)cc43)c2)c(O)c1O. The van der Waals surface area contributed by atoms with Crippen molar-refractivity contribution in [3.8, 4) is 108 Å². The van der Waals surface area contributed by atoms with E-state index in [-0.39, 0.29) is 16.8 Å². The van der Waals surface area contributed by atoms with Crippen LogP contribution in [0.5, 0.6) is 57.5 Å². The number of rotatable bonds is 5. The van der Waals surface area contributed by atoms with Gasteiger partial charge in [0.15, 0.2) is 23.0 Å². The number of aromatic nitrogens is 1. The molecule has 0 aliphatic rings. The van der Waals surface area contributed by atoms with Gasteiger partial charge < -0.3 is 55.6 Å². The number of phenols is 10. The fourth-order valence-corrected chi connectivity index (χ4v) is 7.24. The van der Waals surface area contributed by atoms with Gasteiger partial charge in [0, 0.05) is 20.9 Å². The Hall–Kier alpha value is -7.18. The zero-order chi connectivity index (χ0) is 38.2. The number of nitrogens with zero attached hydrogens (tertiary/aromatic N) is 1. The van der Waals surface area contributed by atoms with Gasteiger partial charge in [-0.15, -0.1) is 0 Å². The third-order valence-electron chi connectivity index (χ3n) is 9.56. The maximum absolute atomic E-state index is 11.0. The van der Waals surface area contributed by atoms with Gasteiger partial charge in [-0.1, -0.05) is 82.7 Å². The van der Waals surface area contributed by atoms with E-state index >= 15 is 0 Å². The number of phenolic OH excluding ortho intramolecular Hbond substituents is 10. The molecule has 0 aliphatic heterocycles. The summed E-state index contributed by atoms with van der Waals surface area (Å²) < 4.78 is 2.78. The molecule has 1 aromatic heterocycles. The molecular formula is C42H28BrNO10. The van der Waals surface area contributed by atoms with Crippen molar-refractivity contribution in [3.05, 3.63) is 114 Å². The van der Waals surface area contributed by atoms with Crippen LogP contribution in [-0.4, -0.2) is 55.6 Å². The summed E-state index contributed by atoms with van der Waals surface area (Å²) >= 11 is 3.50. The Labute approximate surface area is 313 Å². The smallest absolute Gasteiger partial charge is 0.208 e. The molecule has 7 aromatic carbocycles. The van der Waals surface area contributed by atoms with E-state index in [1.165, 1.54) is 18.2 Å². The molecule has 0 radical (unpaired) electrons. The lowest BCUT2D eigenvalue weighted by Gasteiger charge is -2.18. The molecule has 0 bridgehead atoms. The normalized spacial score (nSPS) is 11.4. The summed E-state index contributed by atoms with van der Waals surface area (Å²) in [7, 11) is 0. The number of benzene rings is 7. The Balaban J connectivity index is 1.47. The minimum atomic E-state index is -1.17. The summed E-state index contributed by atoms with van der Waals surface area (Å²) in [4.78, 5) is 0. The quantitative estimate of drug-likeness (QED) is 0.0591. The van der Waals surface area contributed by atoms with Crippen LogP contribution in [0.15, 0.2) is 114 Å². The molecule has 0 atom stereocenters. The number of aromatic hydroxyl groups is 10. The van der Waals surface area contributed by atoms with Crippen molar-refractivity contribution in [3.63, 3.8) is 0 Å². The van der Waals surface area contributed by atoms with E-state index in [2.05, 4.69) is 15.9 Å². The summed E-state index contributed by atoms with van der Waals surface area (Å²) in [6.07, 6.45) is 0. The van der Waals surface area contributed by atoms with E-state index in [9.17, 15) is 51.1 Å². The van der Waals surface area contributed by atoms with Crippen LogP contribution in [0.2, 0.25) is 0 Å². The Morgan fingerprint density at radius 2 is 0.778 bits per heavy atom. The van der Waals surface area contributed by atoms with Crippen LogP contribution in [0.3, 0.4) is 0 Å². The molecule has 0 unspecified atom stereocenters. The summed E-state index contributed by atoms with van der Waals surface area (Å²) in [5, 5.41) is 108. The second kappa shape index (κ2) is 12.5. The van der Waals surface area contributed by atoms with Gasteiger partial charge in [-0.3, -0.25) is 0 Å². The van der Waals surface area contributed by atoms with Gasteiger partial charge in [0.05, 0.1) is 22.2 Å². The van der Waals surface area contributed by atoms with E-state index in [1.54, 1.807) is 0 Å². The molecule has 8 rings (SSSR count). The molecule has 0 aliphatic carbocycles. The van der Waals surface area contributed by atoms with Crippen molar-refractivity contribution in [2.45, 2.75) is 0 Å². The van der Waals surface area contributed by atoms with Crippen molar-refractivity contribution in [1.29, 1.82) is 0 Å². The average Bonchev–Trinajstić information content (AvgIpc) is 3.52. The van der Waals surface area contributed by atoms with Gasteiger partial charge in [0.1, 0.15) is 0 Å². The summed E-state index contributed by atoms with van der Waals surface area (Å²) in [6, 6.07) is 33.5. The predicted molar refractivity (Wildman–Crippen MR) is 207 cm³/mol. The predicted octanol–water partition coefficient (Wildman–Crippen LogP) is 9.27. The van der Waals surface area contributed by atoms with Crippen molar-refractivity contribution >= 4 is 37.7 Å².